The Hall–Kier alpha value is -1.95. The van der Waals surface area contributed by atoms with Gasteiger partial charge in [0.1, 0.15) is 0 Å². The maximum atomic E-state index is 6.00. The van der Waals surface area contributed by atoms with Gasteiger partial charge in [-0.15, -0.1) is 0 Å². The van der Waals surface area contributed by atoms with Crippen molar-refractivity contribution in [1.82, 2.24) is 10.2 Å². The van der Waals surface area contributed by atoms with Crippen molar-refractivity contribution in [3.8, 4) is 11.5 Å². The highest BCUT2D eigenvalue weighted by atomic mass is 16.5. The summed E-state index contributed by atoms with van der Waals surface area (Å²) in [6, 6.07) is 6.31. The molecule has 6 heteroatoms. The van der Waals surface area contributed by atoms with Crippen molar-refractivity contribution in [2.75, 3.05) is 33.9 Å². The number of hydrogen-bond acceptors (Lipinski definition) is 4. The van der Waals surface area contributed by atoms with Gasteiger partial charge in [-0.3, -0.25) is 4.90 Å². The van der Waals surface area contributed by atoms with Gasteiger partial charge in [0, 0.05) is 18.2 Å². The molecule has 3 N–H and O–H groups in total. The number of rotatable bonds is 7. The Kier molecular flexibility index (Phi) is 6.52. The molecule has 2 rings (SSSR count). The Morgan fingerprint density at radius 1 is 1.39 bits per heavy atom. The molecule has 1 atom stereocenters. The molecular weight excluding hydrogens is 292 g/mol. The Morgan fingerprint density at radius 2 is 2.22 bits per heavy atom. The van der Waals surface area contributed by atoms with Crippen LogP contribution in [0.2, 0.25) is 0 Å². The number of para-hydroxylation sites is 1. The number of likely N-dealkylation sites (N-methyl/N-ethyl adjacent to an activating group) is 1. The first-order valence-corrected chi connectivity index (χ1v) is 8.17. The number of nitrogens with two attached hydrogens (primary N) is 1. The number of likely N-dealkylation sites (tertiary alicyclic amines) is 1. The minimum absolute atomic E-state index is 0.460. The molecule has 1 saturated heterocycles. The fraction of sp³-hybridized carbons (Fsp3) is 0.588. The van der Waals surface area contributed by atoms with E-state index in [1.807, 2.05) is 18.2 Å². The fourth-order valence-electron chi connectivity index (χ4n) is 3.07. The lowest BCUT2D eigenvalue weighted by Gasteiger charge is -2.23. The third kappa shape index (κ3) is 4.51. The quantitative estimate of drug-likeness (QED) is 0.590. The van der Waals surface area contributed by atoms with Gasteiger partial charge in [-0.05, 0) is 32.0 Å². The molecule has 6 nitrogen and oxygen atoms in total. The SMILES string of the molecule is CCN1CCCC1CNC(N)=NCc1cccc(OC)c1OC. The number of nitrogens with one attached hydrogen (secondary N) is 1. The van der Waals surface area contributed by atoms with Gasteiger partial charge in [-0.25, -0.2) is 4.99 Å². The van der Waals surface area contributed by atoms with Crippen LogP contribution in [0.4, 0.5) is 0 Å². The minimum Gasteiger partial charge on any atom is -0.493 e. The number of nitrogens with zero attached hydrogens (tertiary/aromatic N) is 2. The number of ether oxygens (including phenoxy) is 2. The van der Waals surface area contributed by atoms with Gasteiger partial charge in [-0.1, -0.05) is 19.1 Å². The van der Waals surface area contributed by atoms with Crippen LogP contribution in [0.5, 0.6) is 11.5 Å². The van der Waals surface area contributed by atoms with E-state index < -0.39 is 0 Å². The standard InChI is InChI=1S/C17H28N4O2/c1-4-21-10-6-8-14(21)12-20-17(18)19-11-13-7-5-9-15(22-2)16(13)23-3/h5,7,9,14H,4,6,8,10-12H2,1-3H3,(H3,18,19,20). The van der Waals surface area contributed by atoms with Gasteiger partial charge >= 0.3 is 0 Å². The van der Waals surface area contributed by atoms with Crippen LogP contribution in [-0.2, 0) is 6.54 Å². The summed E-state index contributed by atoms with van der Waals surface area (Å²) < 4.78 is 10.7. The Balaban J connectivity index is 1.92. The maximum absolute atomic E-state index is 6.00. The van der Waals surface area contributed by atoms with Gasteiger partial charge < -0.3 is 20.5 Å². The molecular formula is C17H28N4O2. The molecule has 1 heterocycles. The average Bonchev–Trinajstić information content (AvgIpc) is 3.05. The first kappa shape index (κ1) is 17.4. The monoisotopic (exact) mass is 320 g/mol. The third-order valence-electron chi connectivity index (χ3n) is 4.33. The van der Waals surface area contributed by atoms with Crippen LogP contribution in [0.25, 0.3) is 0 Å². The average molecular weight is 320 g/mol. The van der Waals surface area contributed by atoms with E-state index in [1.54, 1.807) is 14.2 Å². The van der Waals surface area contributed by atoms with Gasteiger partial charge in [0.05, 0.1) is 20.8 Å². The molecule has 1 fully saturated rings. The number of hydrogen-bond donors (Lipinski definition) is 2. The lowest BCUT2D eigenvalue weighted by atomic mass is 10.2. The number of methoxy groups -OCH3 is 2. The largest absolute Gasteiger partial charge is 0.493 e. The van der Waals surface area contributed by atoms with E-state index in [1.165, 1.54) is 19.4 Å². The summed E-state index contributed by atoms with van der Waals surface area (Å²) in [5.74, 6) is 1.88. The van der Waals surface area contributed by atoms with Crippen LogP contribution in [0, 0.1) is 0 Å². The summed E-state index contributed by atoms with van der Waals surface area (Å²) in [7, 11) is 3.26. The van der Waals surface area contributed by atoms with Gasteiger partial charge in [-0.2, -0.15) is 0 Å². The van der Waals surface area contributed by atoms with Crippen molar-refractivity contribution in [3.63, 3.8) is 0 Å². The normalized spacial score (nSPS) is 18.9. The third-order valence-corrected chi connectivity index (χ3v) is 4.33. The Labute approximate surface area is 138 Å². The van der Waals surface area contributed by atoms with Crippen LogP contribution in [0.1, 0.15) is 25.3 Å². The molecule has 0 amide bonds. The van der Waals surface area contributed by atoms with Gasteiger partial charge in [0.2, 0.25) is 0 Å². The minimum atomic E-state index is 0.460. The van der Waals surface area contributed by atoms with Crippen LogP contribution in [-0.4, -0.2) is 50.8 Å². The zero-order chi connectivity index (χ0) is 16.7. The zero-order valence-corrected chi connectivity index (χ0v) is 14.3. The molecule has 1 aromatic rings. The molecule has 0 saturated carbocycles. The van der Waals surface area contributed by atoms with Gasteiger partial charge in [0.25, 0.3) is 0 Å². The van der Waals surface area contributed by atoms with E-state index in [4.69, 9.17) is 15.2 Å². The van der Waals surface area contributed by atoms with Crippen molar-refractivity contribution in [2.24, 2.45) is 10.7 Å². The molecule has 1 aliphatic heterocycles. The highest BCUT2D eigenvalue weighted by Gasteiger charge is 2.22. The summed E-state index contributed by atoms with van der Waals surface area (Å²) in [4.78, 5) is 6.90. The smallest absolute Gasteiger partial charge is 0.188 e. The molecule has 1 unspecified atom stereocenters. The fourth-order valence-corrected chi connectivity index (χ4v) is 3.07. The molecule has 0 spiro atoms. The van der Waals surface area contributed by atoms with E-state index >= 15 is 0 Å². The van der Waals surface area contributed by atoms with Crippen LogP contribution in [0.15, 0.2) is 23.2 Å². The predicted molar refractivity (Wildman–Crippen MR) is 93.1 cm³/mol. The summed E-state index contributed by atoms with van der Waals surface area (Å²) in [5.41, 5.74) is 6.95. The first-order chi connectivity index (χ1) is 11.2. The summed E-state index contributed by atoms with van der Waals surface area (Å²) >= 11 is 0. The molecule has 0 aromatic heterocycles. The topological polar surface area (TPSA) is 72.1 Å². The molecule has 0 aliphatic carbocycles. The molecule has 0 radical (unpaired) electrons. The van der Waals surface area contributed by atoms with E-state index in [2.05, 4.69) is 22.1 Å². The maximum Gasteiger partial charge on any atom is 0.188 e. The lowest BCUT2D eigenvalue weighted by molar-refractivity contribution is 0.267. The Morgan fingerprint density at radius 3 is 2.91 bits per heavy atom. The van der Waals surface area contributed by atoms with Crippen molar-refractivity contribution in [3.05, 3.63) is 23.8 Å². The summed E-state index contributed by atoms with van der Waals surface area (Å²) in [6.07, 6.45) is 2.48. The van der Waals surface area contributed by atoms with Crippen molar-refractivity contribution < 1.29 is 9.47 Å². The molecule has 0 bridgehead atoms. The lowest BCUT2D eigenvalue weighted by Crippen LogP contribution is -2.42. The van der Waals surface area contributed by atoms with Crippen molar-refractivity contribution >= 4 is 5.96 Å². The van der Waals surface area contributed by atoms with E-state index in [0.717, 1.165) is 18.7 Å². The van der Waals surface area contributed by atoms with Crippen LogP contribution in [0.3, 0.4) is 0 Å². The second-order valence-corrected chi connectivity index (χ2v) is 5.66. The highest BCUT2D eigenvalue weighted by Crippen LogP contribution is 2.30. The van der Waals surface area contributed by atoms with E-state index in [-0.39, 0.29) is 0 Å². The first-order valence-electron chi connectivity index (χ1n) is 8.17. The molecule has 1 aromatic carbocycles. The van der Waals surface area contributed by atoms with E-state index in [9.17, 15) is 0 Å². The number of benzene rings is 1. The van der Waals surface area contributed by atoms with Crippen molar-refractivity contribution in [1.29, 1.82) is 0 Å². The molecule has 128 valence electrons. The molecule has 23 heavy (non-hydrogen) atoms. The second kappa shape index (κ2) is 8.62. The van der Waals surface area contributed by atoms with Crippen molar-refractivity contribution in [2.45, 2.75) is 32.4 Å². The number of aliphatic imine (C=N–C) groups is 1. The van der Waals surface area contributed by atoms with Gasteiger partial charge in [0.15, 0.2) is 17.5 Å². The van der Waals surface area contributed by atoms with E-state index in [0.29, 0.717) is 30.0 Å². The highest BCUT2D eigenvalue weighted by molar-refractivity contribution is 5.77. The summed E-state index contributed by atoms with van der Waals surface area (Å²) in [6.45, 7) is 5.77. The molecule has 1 aliphatic rings. The Bertz CT molecular complexity index is 533. The van der Waals surface area contributed by atoms with Crippen LogP contribution >= 0.6 is 0 Å². The van der Waals surface area contributed by atoms with Crippen LogP contribution < -0.4 is 20.5 Å². The summed E-state index contributed by atoms with van der Waals surface area (Å²) in [5, 5.41) is 3.24. The number of guanidine groups is 1. The zero-order valence-electron chi connectivity index (χ0n) is 14.3. The second-order valence-electron chi connectivity index (χ2n) is 5.66. The predicted octanol–water partition coefficient (Wildman–Crippen LogP) is 1.59.